The van der Waals surface area contributed by atoms with E-state index in [2.05, 4.69) is 16.8 Å². The van der Waals surface area contributed by atoms with Gasteiger partial charge in [-0.25, -0.2) is 4.98 Å². The highest BCUT2D eigenvalue weighted by Crippen LogP contribution is 2.27. The van der Waals surface area contributed by atoms with E-state index in [4.69, 9.17) is 10.5 Å². The molecular formula is C11H19N3OS. The lowest BCUT2D eigenvalue weighted by molar-refractivity contribution is 0.152. The van der Waals surface area contributed by atoms with E-state index in [0.717, 1.165) is 50.0 Å². The van der Waals surface area contributed by atoms with Crippen LogP contribution >= 0.6 is 11.3 Å². The molecule has 0 unspecified atom stereocenters. The monoisotopic (exact) mass is 241 g/mol. The Morgan fingerprint density at radius 1 is 1.44 bits per heavy atom. The van der Waals surface area contributed by atoms with Gasteiger partial charge in [-0.3, -0.25) is 0 Å². The zero-order chi connectivity index (χ0) is 11.4. The van der Waals surface area contributed by atoms with Gasteiger partial charge in [0.25, 0.3) is 0 Å². The van der Waals surface area contributed by atoms with Crippen molar-refractivity contribution in [3.63, 3.8) is 0 Å². The van der Waals surface area contributed by atoms with Crippen LogP contribution in [0.4, 0.5) is 5.13 Å². The third-order valence-electron chi connectivity index (χ3n) is 2.78. The molecule has 0 bridgehead atoms. The normalized spacial score (nSPS) is 17.5. The maximum Gasteiger partial charge on any atom is 0.185 e. The molecule has 90 valence electrons. The molecule has 2 rings (SSSR count). The lowest BCUT2D eigenvalue weighted by Crippen LogP contribution is -2.25. The van der Waals surface area contributed by atoms with E-state index >= 15 is 0 Å². The summed E-state index contributed by atoms with van der Waals surface area (Å²) in [5.41, 5.74) is 6.89. The predicted molar refractivity (Wildman–Crippen MR) is 67.0 cm³/mol. The van der Waals surface area contributed by atoms with Gasteiger partial charge >= 0.3 is 0 Å². The first kappa shape index (κ1) is 11.8. The van der Waals surface area contributed by atoms with Crippen LogP contribution in [0.15, 0.2) is 0 Å². The van der Waals surface area contributed by atoms with Crippen LogP contribution in [0.1, 0.15) is 23.9 Å². The number of anilines is 1. The highest BCUT2D eigenvalue weighted by molar-refractivity contribution is 7.15. The largest absolute Gasteiger partial charge is 0.380 e. The number of nitrogens with two attached hydrogens (primary N) is 1. The van der Waals surface area contributed by atoms with Crippen molar-refractivity contribution in [2.24, 2.45) is 5.73 Å². The van der Waals surface area contributed by atoms with Gasteiger partial charge in [0.2, 0.25) is 0 Å². The Morgan fingerprint density at radius 3 is 3.00 bits per heavy atom. The molecule has 2 N–H and O–H groups in total. The predicted octanol–water partition coefficient (Wildman–Crippen LogP) is 1.39. The molecule has 1 aliphatic rings. The highest BCUT2D eigenvalue weighted by Gasteiger charge is 2.16. The summed E-state index contributed by atoms with van der Waals surface area (Å²) in [5, 5.41) is 1.11. The number of aryl methyl sites for hydroxylation is 1. The summed E-state index contributed by atoms with van der Waals surface area (Å²) in [4.78, 5) is 8.21. The van der Waals surface area contributed by atoms with Crippen molar-refractivity contribution in [2.75, 3.05) is 31.2 Å². The van der Waals surface area contributed by atoms with Crippen LogP contribution < -0.4 is 10.6 Å². The number of aromatic nitrogens is 1. The molecule has 2 heterocycles. The van der Waals surface area contributed by atoms with Crippen molar-refractivity contribution in [3.8, 4) is 0 Å². The lowest BCUT2D eigenvalue weighted by atomic mass is 10.3. The topological polar surface area (TPSA) is 51.4 Å². The number of ether oxygens (including phenoxy) is 1. The van der Waals surface area contributed by atoms with Crippen molar-refractivity contribution in [1.82, 2.24) is 4.98 Å². The second-order valence-corrected chi connectivity index (χ2v) is 4.94. The third-order valence-corrected chi connectivity index (χ3v) is 3.96. The van der Waals surface area contributed by atoms with Crippen molar-refractivity contribution >= 4 is 16.5 Å². The van der Waals surface area contributed by atoms with Gasteiger partial charge in [0, 0.05) is 31.1 Å². The molecule has 1 aromatic rings. The number of hydrogen-bond donors (Lipinski definition) is 1. The minimum absolute atomic E-state index is 0.602. The summed E-state index contributed by atoms with van der Waals surface area (Å²) in [6.07, 6.45) is 2.05. The maximum atomic E-state index is 5.73. The van der Waals surface area contributed by atoms with E-state index in [0.29, 0.717) is 6.54 Å². The van der Waals surface area contributed by atoms with Gasteiger partial charge < -0.3 is 15.4 Å². The zero-order valence-electron chi connectivity index (χ0n) is 9.74. The van der Waals surface area contributed by atoms with Crippen LogP contribution in [0, 0.1) is 0 Å². The van der Waals surface area contributed by atoms with Crippen molar-refractivity contribution in [1.29, 1.82) is 0 Å². The zero-order valence-corrected chi connectivity index (χ0v) is 10.6. The summed E-state index contributed by atoms with van der Waals surface area (Å²) in [7, 11) is 0. The Labute approximate surface area is 100 Å². The molecule has 1 aromatic heterocycles. The quantitative estimate of drug-likeness (QED) is 0.869. The van der Waals surface area contributed by atoms with E-state index in [1.807, 2.05) is 0 Å². The maximum absolute atomic E-state index is 5.73. The van der Waals surface area contributed by atoms with E-state index < -0.39 is 0 Å². The van der Waals surface area contributed by atoms with E-state index in [9.17, 15) is 0 Å². The molecule has 5 heteroatoms. The second-order valence-electron chi connectivity index (χ2n) is 3.88. The van der Waals surface area contributed by atoms with Gasteiger partial charge in [-0.05, 0) is 12.8 Å². The molecule has 0 aromatic carbocycles. The fourth-order valence-electron chi connectivity index (χ4n) is 1.88. The minimum atomic E-state index is 0.602. The van der Waals surface area contributed by atoms with E-state index in [-0.39, 0.29) is 0 Å². The molecule has 0 aliphatic carbocycles. The molecule has 0 atom stereocenters. The van der Waals surface area contributed by atoms with Gasteiger partial charge in [0.15, 0.2) is 5.13 Å². The van der Waals surface area contributed by atoms with Crippen LogP contribution in [0.3, 0.4) is 0 Å². The number of nitrogens with zero attached hydrogens (tertiary/aromatic N) is 2. The van der Waals surface area contributed by atoms with Crippen LogP contribution in [0.2, 0.25) is 0 Å². The molecule has 1 aliphatic heterocycles. The fourth-order valence-corrected chi connectivity index (χ4v) is 2.96. The molecule has 16 heavy (non-hydrogen) atoms. The number of rotatable bonds is 3. The minimum Gasteiger partial charge on any atom is -0.380 e. The van der Waals surface area contributed by atoms with Gasteiger partial charge in [-0.1, -0.05) is 6.92 Å². The fraction of sp³-hybridized carbons (Fsp3) is 0.727. The van der Waals surface area contributed by atoms with E-state index in [1.165, 1.54) is 4.88 Å². The SMILES string of the molecule is CCc1nc(N2CCCOCC2)sc1CN. The molecule has 0 saturated carbocycles. The van der Waals surface area contributed by atoms with Crippen molar-refractivity contribution in [3.05, 3.63) is 10.6 Å². The molecular weight excluding hydrogens is 222 g/mol. The van der Waals surface area contributed by atoms with Crippen LogP contribution in [0.5, 0.6) is 0 Å². The highest BCUT2D eigenvalue weighted by atomic mass is 32.1. The molecule has 1 fully saturated rings. The van der Waals surface area contributed by atoms with Gasteiger partial charge in [-0.2, -0.15) is 0 Å². The summed E-state index contributed by atoms with van der Waals surface area (Å²) >= 11 is 1.73. The summed E-state index contributed by atoms with van der Waals surface area (Å²) in [5.74, 6) is 0. The third kappa shape index (κ3) is 2.53. The van der Waals surface area contributed by atoms with Crippen molar-refractivity contribution < 1.29 is 4.74 Å². The number of hydrogen-bond acceptors (Lipinski definition) is 5. The average Bonchev–Trinajstić information content (AvgIpc) is 2.54. The van der Waals surface area contributed by atoms with Gasteiger partial charge in [-0.15, -0.1) is 11.3 Å². The Bertz CT molecular complexity index is 310. The first-order valence-corrected chi connectivity index (χ1v) is 6.68. The molecule has 0 radical (unpaired) electrons. The Balaban J connectivity index is 2.15. The molecule has 1 saturated heterocycles. The smallest absolute Gasteiger partial charge is 0.185 e. The lowest BCUT2D eigenvalue weighted by Gasteiger charge is -2.17. The Hall–Kier alpha value is -0.650. The number of thiazole rings is 1. The van der Waals surface area contributed by atoms with Gasteiger partial charge in [0.05, 0.1) is 12.3 Å². The summed E-state index contributed by atoms with van der Waals surface area (Å²) < 4.78 is 5.45. The van der Waals surface area contributed by atoms with Gasteiger partial charge in [0.1, 0.15) is 0 Å². The van der Waals surface area contributed by atoms with Crippen LogP contribution in [-0.2, 0) is 17.7 Å². The molecule has 0 spiro atoms. The Morgan fingerprint density at radius 2 is 2.31 bits per heavy atom. The standard InChI is InChI=1S/C11H19N3OS/c1-2-9-10(8-12)16-11(13-9)14-4-3-6-15-7-5-14/h2-8,12H2,1H3. The van der Waals surface area contributed by atoms with Crippen LogP contribution in [-0.4, -0.2) is 31.3 Å². The van der Waals surface area contributed by atoms with E-state index in [1.54, 1.807) is 11.3 Å². The summed E-state index contributed by atoms with van der Waals surface area (Å²) in [6, 6.07) is 0. The van der Waals surface area contributed by atoms with Crippen LogP contribution in [0.25, 0.3) is 0 Å². The molecule has 4 nitrogen and oxygen atoms in total. The second kappa shape index (κ2) is 5.61. The first-order valence-electron chi connectivity index (χ1n) is 5.86. The Kier molecular flexibility index (Phi) is 4.15. The van der Waals surface area contributed by atoms with Crippen molar-refractivity contribution in [2.45, 2.75) is 26.3 Å². The summed E-state index contributed by atoms with van der Waals surface area (Å²) in [6.45, 7) is 6.39. The first-order chi connectivity index (χ1) is 7.85. The average molecular weight is 241 g/mol. The molecule has 0 amide bonds.